The van der Waals surface area contributed by atoms with Gasteiger partial charge in [-0.2, -0.15) is 0 Å². The average molecular weight is 269 g/mol. The van der Waals surface area contributed by atoms with E-state index in [1.165, 1.54) is 0 Å². The lowest BCUT2D eigenvalue weighted by molar-refractivity contribution is -0.141. The fraction of sp³-hybridized carbons (Fsp3) is 0.750. The van der Waals surface area contributed by atoms with Gasteiger partial charge in [0, 0.05) is 19.5 Å². The molecule has 19 heavy (non-hydrogen) atoms. The number of carboxylic acid groups (broad SMARTS) is 1. The first-order valence-corrected chi connectivity index (χ1v) is 6.52. The molecule has 1 atom stereocenters. The van der Waals surface area contributed by atoms with Crippen molar-refractivity contribution in [2.24, 2.45) is 5.41 Å². The number of carboxylic acids is 1. The topological polar surface area (TPSA) is 108 Å². The van der Waals surface area contributed by atoms with Gasteiger partial charge in [-0.25, -0.2) is 4.79 Å². The fourth-order valence-corrected chi connectivity index (χ4v) is 2.63. The summed E-state index contributed by atoms with van der Waals surface area (Å²) in [6.07, 6.45) is 3.08. The van der Waals surface area contributed by atoms with E-state index in [1.807, 2.05) is 0 Å². The molecule has 7 heteroatoms. The Balaban J connectivity index is 1.73. The Kier molecular flexibility index (Phi) is 3.92. The van der Waals surface area contributed by atoms with Crippen molar-refractivity contribution >= 4 is 17.9 Å². The summed E-state index contributed by atoms with van der Waals surface area (Å²) in [5.74, 6) is -0.890. The summed E-state index contributed by atoms with van der Waals surface area (Å²) in [5, 5.41) is 16.9. The van der Waals surface area contributed by atoms with Crippen molar-refractivity contribution in [2.75, 3.05) is 13.1 Å². The second kappa shape index (κ2) is 5.46. The van der Waals surface area contributed by atoms with Crippen LogP contribution in [0.1, 0.15) is 32.1 Å². The molecule has 2 fully saturated rings. The molecule has 2 rings (SSSR count). The number of hydrogen-bond donors (Lipinski definition) is 4. The van der Waals surface area contributed by atoms with E-state index >= 15 is 0 Å². The molecular weight excluding hydrogens is 250 g/mol. The number of carbonyl (C=O) groups excluding carboxylic acids is 2. The van der Waals surface area contributed by atoms with E-state index in [1.54, 1.807) is 0 Å². The maximum Gasteiger partial charge on any atom is 0.315 e. The Morgan fingerprint density at radius 3 is 2.63 bits per heavy atom. The van der Waals surface area contributed by atoms with Gasteiger partial charge in [-0.15, -0.1) is 0 Å². The number of urea groups is 1. The van der Waals surface area contributed by atoms with Crippen LogP contribution < -0.4 is 16.0 Å². The monoisotopic (exact) mass is 269 g/mol. The second-order valence-electron chi connectivity index (χ2n) is 5.46. The predicted molar refractivity (Wildman–Crippen MR) is 66.5 cm³/mol. The normalized spacial score (nSPS) is 24.2. The minimum atomic E-state index is -0.826. The van der Waals surface area contributed by atoms with Crippen molar-refractivity contribution < 1.29 is 19.5 Å². The van der Waals surface area contributed by atoms with Crippen molar-refractivity contribution in [1.29, 1.82) is 0 Å². The lowest BCUT2D eigenvalue weighted by atomic mass is 9.66. The number of carbonyl (C=O) groups is 3. The van der Waals surface area contributed by atoms with Gasteiger partial charge in [-0.1, -0.05) is 6.42 Å². The van der Waals surface area contributed by atoms with Crippen LogP contribution in [0.25, 0.3) is 0 Å². The number of rotatable bonds is 5. The van der Waals surface area contributed by atoms with Crippen LogP contribution >= 0.6 is 0 Å². The van der Waals surface area contributed by atoms with Gasteiger partial charge < -0.3 is 21.1 Å². The summed E-state index contributed by atoms with van der Waals surface area (Å²) in [4.78, 5) is 33.4. The molecule has 7 nitrogen and oxygen atoms in total. The standard InChI is InChI=1S/C12H19N3O4/c16-9-4-8(6-13-9)15-11(19)14-7-12(2-1-3-12)5-10(17)18/h8H,1-7H2,(H,13,16)(H,17,18)(H2,14,15,19). The van der Waals surface area contributed by atoms with Crippen LogP contribution in [0.15, 0.2) is 0 Å². The third kappa shape index (κ3) is 3.59. The fourth-order valence-electron chi connectivity index (χ4n) is 2.63. The molecule has 1 unspecified atom stereocenters. The minimum Gasteiger partial charge on any atom is -0.481 e. The highest BCUT2D eigenvalue weighted by atomic mass is 16.4. The van der Waals surface area contributed by atoms with E-state index in [-0.39, 0.29) is 29.8 Å². The summed E-state index contributed by atoms with van der Waals surface area (Å²) in [5.41, 5.74) is -0.285. The van der Waals surface area contributed by atoms with Gasteiger partial charge in [0.05, 0.1) is 12.5 Å². The molecule has 1 saturated carbocycles. The summed E-state index contributed by atoms with van der Waals surface area (Å²) >= 11 is 0. The van der Waals surface area contributed by atoms with Crippen molar-refractivity contribution in [3.63, 3.8) is 0 Å². The van der Waals surface area contributed by atoms with E-state index in [0.717, 1.165) is 19.3 Å². The van der Waals surface area contributed by atoms with Gasteiger partial charge in [-0.05, 0) is 18.3 Å². The Hall–Kier alpha value is -1.79. The number of aliphatic carboxylic acids is 1. The van der Waals surface area contributed by atoms with Gasteiger partial charge in [0.15, 0.2) is 0 Å². The van der Waals surface area contributed by atoms with Gasteiger partial charge in [0.1, 0.15) is 0 Å². The summed E-state index contributed by atoms with van der Waals surface area (Å²) < 4.78 is 0. The quantitative estimate of drug-likeness (QED) is 0.555. The lowest BCUT2D eigenvalue weighted by Crippen LogP contribution is -2.49. The van der Waals surface area contributed by atoms with Crippen LogP contribution in [-0.2, 0) is 9.59 Å². The van der Waals surface area contributed by atoms with Gasteiger partial charge >= 0.3 is 12.0 Å². The number of hydrogen-bond acceptors (Lipinski definition) is 3. The van der Waals surface area contributed by atoms with Crippen LogP contribution in [0.3, 0.4) is 0 Å². The largest absolute Gasteiger partial charge is 0.481 e. The number of amides is 3. The van der Waals surface area contributed by atoms with E-state index in [9.17, 15) is 14.4 Å². The van der Waals surface area contributed by atoms with Crippen LogP contribution in [0.5, 0.6) is 0 Å². The molecule has 2 aliphatic rings. The van der Waals surface area contributed by atoms with Crippen molar-refractivity contribution in [3.05, 3.63) is 0 Å². The van der Waals surface area contributed by atoms with E-state index in [2.05, 4.69) is 16.0 Å². The van der Waals surface area contributed by atoms with Gasteiger partial charge in [-0.3, -0.25) is 9.59 Å². The van der Waals surface area contributed by atoms with Crippen molar-refractivity contribution in [1.82, 2.24) is 16.0 Å². The first-order valence-electron chi connectivity index (χ1n) is 6.52. The molecule has 1 saturated heterocycles. The molecule has 106 valence electrons. The summed E-state index contributed by atoms with van der Waals surface area (Å²) in [6.45, 7) is 0.825. The lowest BCUT2D eigenvalue weighted by Gasteiger charge is -2.40. The second-order valence-corrected chi connectivity index (χ2v) is 5.46. The van der Waals surface area contributed by atoms with E-state index < -0.39 is 5.97 Å². The Morgan fingerprint density at radius 2 is 2.16 bits per heavy atom. The van der Waals surface area contributed by atoms with Crippen LogP contribution in [0.4, 0.5) is 4.79 Å². The SMILES string of the molecule is O=C(O)CC1(CNC(=O)NC2CNC(=O)C2)CCC1. The molecule has 1 aliphatic heterocycles. The molecule has 3 amide bonds. The first-order chi connectivity index (χ1) is 8.99. The third-order valence-corrected chi connectivity index (χ3v) is 3.88. The van der Waals surface area contributed by atoms with E-state index in [0.29, 0.717) is 19.5 Å². The smallest absolute Gasteiger partial charge is 0.315 e. The maximum absolute atomic E-state index is 11.7. The highest BCUT2D eigenvalue weighted by molar-refractivity contribution is 5.81. The predicted octanol–water partition coefficient (Wildman–Crippen LogP) is -0.181. The molecule has 4 N–H and O–H groups in total. The zero-order valence-electron chi connectivity index (χ0n) is 10.7. The maximum atomic E-state index is 11.7. The molecule has 0 spiro atoms. The molecule has 0 aromatic heterocycles. The summed E-state index contributed by atoms with van der Waals surface area (Å²) in [7, 11) is 0. The Bertz CT molecular complexity index is 392. The number of nitrogens with one attached hydrogen (secondary N) is 3. The zero-order chi connectivity index (χ0) is 13.9. The molecule has 0 aromatic carbocycles. The Labute approximate surface area is 111 Å². The van der Waals surface area contributed by atoms with Crippen molar-refractivity contribution in [3.8, 4) is 0 Å². The first kappa shape index (κ1) is 13.6. The molecule has 1 heterocycles. The highest BCUT2D eigenvalue weighted by Gasteiger charge is 2.39. The van der Waals surface area contributed by atoms with Crippen LogP contribution in [0, 0.1) is 5.41 Å². The third-order valence-electron chi connectivity index (χ3n) is 3.88. The average Bonchev–Trinajstić information content (AvgIpc) is 2.67. The molecule has 0 aromatic rings. The highest BCUT2D eigenvalue weighted by Crippen LogP contribution is 2.43. The molecule has 1 aliphatic carbocycles. The summed E-state index contributed by atoms with van der Waals surface area (Å²) in [6, 6.07) is -0.512. The van der Waals surface area contributed by atoms with Crippen molar-refractivity contribution in [2.45, 2.75) is 38.1 Å². The zero-order valence-corrected chi connectivity index (χ0v) is 10.7. The van der Waals surface area contributed by atoms with Crippen LogP contribution in [0.2, 0.25) is 0 Å². The Morgan fingerprint density at radius 1 is 1.42 bits per heavy atom. The van der Waals surface area contributed by atoms with Crippen LogP contribution in [-0.4, -0.2) is 42.1 Å². The molecule has 0 bridgehead atoms. The minimum absolute atomic E-state index is 0.0633. The molecular formula is C12H19N3O4. The van der Waals surface area contributed by atoms with E-state index in [4.69, 9.17) is 5.11 Å². The van der Waals surface area contributed by atoms with Gasteiger partial charge in [0.25, 0.3) is 0 Å². The van der Waals surface area contributed by atoms with Gasteiger partial charge in [0.2, 0.25) is 5.91 Å². The molecule has 0 radical (unpaired) electrons.